The Balaban J connectivity index is 1.61. The molecule has 3 heterocycles. The summed E-state index contributed by atoms with van der Waals surface area (Å²) in [6.07, 6.45) is -4.80. The first-order valence-corrected chi connectivity index (χ1v) is 9.91. The lowest BCUT2D eigenvalue weighted by molar-refractivity contribution is -0.136. The molecule has 2 N–H and O–H groups in total. The van der Waals surface area contributed by atoms with E-state index in [1.165, 1.54) is 17.3 Å². The summed E-state index contributed by atoms with van der Waals surface area (Å²) in [4.78, 5) is 28.7. The molecule has 1 unspecified atom stereocenters. The Kier molecular flexibility index (Phi) is 4.80. The molecule has 2 fully saturated rings. The Hall–Kier alpha value is -2.56. The van der Waals surface area contributed by atoms with Crippen LogP contribution >= 0.6 is 11.3 Å². The average Bonchev–Trinajstić information content (AvgIpc) is 3.32. The van der Waals surface area contributed by atoms with Gasteiger partial charge in [-0.15, -0.1) is 11.3 Å². The van der Waals surface area contributed by atoms with Gasteiger partial charge in [-0.05, 0) is 24.7 Å². The summed E-state index contributed by atoms with van der Waals surface area (Å²) in [7, 11) is 1.40. The Labute approximate surface area is 167 Å². The van der Waals surface area contributed by atoms with E-state index in [0.29, 0.717) is 25.9 Å². The van der Waals surface area contributed by atoms with Crippen LogP contribution < -0.4 is 10.1 Å². The number of pyridine rings is 1. The summed E-state index contributed by atoms with van der Waals surface area (Å²) in [6.45, 7) is 0.816. The Morgan fingerprint density at radius 2 is 1.97 bits per heavy atom. The summed E-state index contributed by atoms with van der Waals surface area (Å²) in [5.41, 5.74) is -0.842. The van der Waals surface area contributed by atoms with Crippen LogP contribution in [0.5, 0.6) is 5.88 Å². The number of hydrogen-bond donors (Lipinski definition) is 2. The minimum absolute atomic E-state index is 0.0329. The molecule has 2 aromatic rings. The summed E-state index contributed by atoms with van der Waals surface area (Å²) in [6, 6.07) is 0.879. The topological polar surface area (TPSA) is 91.8 Å². The highest BCUT2D eigenvalue weighted by atomic mass is 32.1. The molecule has 4 rings (SSSR count). The van der Waals surface area contributed by atoms with Crippen molar-refractivity contribution in [3.63, 3.8) is 0 Å². The number of halogens is 3. The van der Waals surface area contributed by atoms with Gasteiger partial charge in [0.05, 0.1) is 21.3 Å². The lowest BCUT2D eigenvalue weighted by Crippen LogP contribution is -2.29. The van der Waals surface area contributed by atoms with Gasteiger partial charge >= 0.3 is 12.3 Å². The molecule has 2 aromatic heterocycles. The van der Waals surface area contributed by atoms with Crippen molar-refractivity contribution in [2.45, 2.75) is 25.1 Å². The lowest BCUT2D eigenvalue weighted by atomic mass is 10.0. The van der Waals surface area contributed by atoms with Crippen molar-refractivity contribution in [2.75, 3.05) is 20.1 Å². The lowest BCUT2D eigenvalue weighted by Gasteiger charge is -2.18. The van der Waals surface area contributed by atoms with Crippen LogP contribution in [0.4, 0.5) is 18.0 Å². The monoisotopic (exact) mass is 429 g/mol. The number of likely N-dealkylation sites (tertiary alicyclic amines) is 1. The largest absolute Gasteiger partial charge is 0.474 e. The number of carbonyl (C=O) groups excluding carboxylic acids is 1. The number of nitrogens with one attached hydrogen (secondary N) is 1. The van der Waals surface area contributed by atoms with E-state index in [9.17, 15) is 22.8 Å². The summed E-state index contributed by atoms with van der Waals surface area (Å²) >= 11 is 0.819. The first-order valence-electron chi connectivity index (χ1n) is 9.03. The number of carboxylic acid groups (broad SMARTS) is 1. The molecule has 11 heteroatoms. The first-order chi connectivity index (χ1) is 13.7. The molecule has 0 spiro atoms. The van der Waals surface area contributed by atoms with E-state index in [-0.39, 0.29) is 39.6 Å². The number of thiophene rings is 1. The predicted molar refractivity (Wildman–Crippen MR) is 98.2 cm³/mol. The van der Waals surface area contributed by atoms with Gasteiger partial charge in [-0.25, -0.2) is 9.78 Å². The van der Waals surface area contributed by atoms with E-state index < -0.39 is 23.7 Å². The van der Waals surface area contributed by atoms with E-state index in [0.717, 1.165) is 17.4 Å². The number of alkyl halides is 3. The third kappa shape index (κ3) is 3.59. The normalized spacial score (nSPS) is 24.0. The molecule has 3 atom stereocenters. The highest BCUT2D eigenvalue weighted by molar-refractivity contribution is 7.17. The SMILES string of the molecule is CNC(=O)c1csc2c(C(F)(F)F)cc(OC3C[C@@H]4CN(C(=O)O)C[C@@H]4C3)nc12. The molecule has 2 aliphatic rings. The van der Waals surface area contributed by atoms with Gasteiger partial charge in [0, 0.05) is 31.6 Å². The smallest absolute Gasteiger partial charge is 0.418 e. The van der Waals surface area contributed by atoms with E-state index in [4.69, 9.17) is 9.84 Å². The Morgan fingerprint density at radius 1 is 1.31 bits per heavy atom. The third-order valence-electron chi connectivity index (χ3n) is 5.54. The van der Waals surface area contributed by atoms with Crippen LogP contribution in [-0.4, -0.2) is 53.2 Å². The number of aromatic nitrogens is 1. The Morgan fingerprint density at radius 3 is 2.52 bits per heavy atom. The maximum absolute atomic E-state index is 13.6. The fourth-order valence-electron chi connectivity index (χ4n) is 4.22. The zero-order chi connectivity index (χ0) is 20.9. The molecular formula is C18H18F3N3O4S. The summed E-state index contributed by atoms with van der Waals surface area (Å²) in [5.74, 6) is -0.430. The molecule has 0 radical (unpaired) electrons. The molecule has 156 valence electrons. The van der Waals surface area contributed by atoms with Gasteiger partial charge < -0.3 is 20.1 Å². The number of amides is 2. The maximum Gasteiger partial charge on any atom is 0.418 e. The van der Waals surface area contributed by atoms with Crippen LogP contribution in [-0.2, 0) is 6.18 Å². The van der Waals surface area contributed by atoms with E-state index in [1.807, 2.05) is 0 Å². The maximum atomic E-state index is 13.6. The molecule has 1 saturated heterocycles. The Bertz CT molecular complexity index is 963. The third-order valence-corrected chi connectivity index (χ3v) is 6.54. The van der Waals surface area contributed by atoms with Gasteiger partial charge in [0.2, 0.25) is 5.88 Å². The molecule has 1 aliphatic carbocycles. The van der Waals surface area contributed by atoms with Crippen molar-refractivity contribution in [3.8, 4) is 5.88 Å². The second kappa shape index (κ2) is 7.05. The van der Waals surface area contributed by atoms with Gasteiger partial charge in [0.15, 0.2) is 0 Å². The second-order valence-electron chi connectivity index (χ2n) is 7.33. The van der Waals surface area contributed by atoms with Crippen molar-refractivity contribution in [1.29, 1.82) is 0 Å². The average molecular weight is 429 g/mol. The van der Waals surface area contributed by atoms with Crippen molar-refractivity contribution in [3.05, 3.63) is 22.6 Å². The zero-order valence-electron chi connectivity index (χ0n) is 15.3. The molecule has 1 saturated carbocycles. The van der Waals surface area contributed by atoms with Gasteiger partial charge in [0.25, 0.3) is 5.91 Å². The number of hydrogen-bond acceptors (Lipinski definition) is 5. The number of carbonyl (C=O) groups is 2. The summed E-state index contributed by atoms with van der Waals surface area (Å²) in [5, 5.41) is 12.9. The fraction of sp³-hybridized carbons (Fsp3) is 0.500. The van der Waals surface area contributed by atoms with Gasteiger partial charge in [-0.3, -0.25) is 4.79 Å². The minimum atomic E-state index is -4.61. The highest BCUT2D eigenvalue weighted by Gasteiger charge is 2.44. The molecule has 7 nitrogen and oxygen atoms in total. The predicted octanol–water partition coefficient (Wildman–Crippen LogP) is 3.44. The van der Waals surface area contributed by atoms with Gasteiger partial charge in [-0.1, -0.05) is 0 Å². The summed E-state index contributed by atoms with van der Waals surface area (Å²) < 4.78 is 46.4. The molecule has 1 aliphatic heterocycles. The zero-order valence-corrected chi connectivity index (χ0v) is 16.1. The number of rotatable bonds is 3. The van der Waals surface area contributed by atoms with Crippen molar-refractivity contribution >= 4 is 33.6 Å². The van der Waals surface area contributed by atoms with Crippen LogP contribution in [0.15, 0.2) is 11.4 Å². The quantitative estimate of drug-likeness (QED) is 0.780. The van der Waals surface area contributed by atoms with Crippen LogP contribution in [0.2, 0.25) is 0 Å². The minimum Gasteiger partial charge on any atom is -0.474 e. The fourth-order valence-corrected chi connectivity index (χ4v) is 5.24. The molecule has 0 aromatic carbocycles. The van der Waals surface area contributed by atoms with Gasteiger partial charge in [0.1, 0.15) is 6.10 Å². The molecule has 0 bridgehead atoms. The van der Waals surface area contributed by atoms with Crippen LogP contribution in [0.1, 0.15) is 28.8 Å². The number of fused-ring (bicyclic) bond motifs is 2. The van der Waals surface area contributed by atoms with Crippen molar-refractivity contribution in [2.24, 2.45) is 11.8 Å². The molecule has 29 heavy (non-hydrogen) atoms. The van der Waals surface area contributed by atoms with Gasteiger partial charge in [-0.2, -0.15) is 13.2 Å². The van der Waals surface area contributed by atoms with Crippen LogP contribution in [0.25, 0.3) is 10.2 Å². The van der Waals surface area contributed by atoms with E-state index in [1.54, 1.807) is 0 Å². The van der Waals surface area contributed by atoms with E-state index in [2.05, 4.69) is 10.3 Å². The van der Waals surface area contributed by atoms with E-state index >= 15 is 0 Å². The molecule has 2 amide bonds. The number of nitrogens with zero attached hydrogens (tertiary/aromatic N) is 2. The van der Waals surface area contributed by atoms with Crippen LogP contribution in [0.3, 0.4) is 0 Å². The van der Waals surface area contributed by atoms with Crippen molar-refractivity contribution in [1.82, 2.24) is 15.2 Å². The standard InChI is InChI=1S/C18H18F3N3O4S/c1-22-16(25)11-7-29-15-12(18(19,20)21)4-13(23-14(11)15)28-10-2-8-5-24(17(26)27)6-9(8)3-10/h4,7-10H,2-3,5-6H2,1H3,(H,22,25)(H,26,27)/t8-,9+,10?. The van der Waals surface area contributed by atoms with Crippen LogP contribution in [0, 0.1) is 11.8 Å². The van der Waals surface area contributed by atoms with Crippen molar-refractivity contribution < 1.29 is 32.6 Å². The second-order valence-corrected chi connectivity index (χ2v) is 8.21. The highest BCUT2D eigenvalue weighted by Crippen LogP contribution is 2.42. The first kappa shape index (κ1) is 19.7. The number of ether oxygens (including phenoxy) is 1. The molecular weight excluding hydrogens is 411 g/mol.